The lowest BCUT2D eigenvalue weighted by Gasteiger charge is -2.06. The van der Waals surface area contributed by atoms with Crippen LogP contribution in [-0.4, -0.2) is 0 Å². The van der Waals surface area contributed by atoms with Crippen molar-refractivity contribution < 1.29 is 0 Å². The van der Waals surface area contributed by atoms with Crippen molar-refractivity contribution in [1.29, 1.82) is 0 Å². The second-order valence-electron chi connectivity index (χ2n) is 2.86. The van der Waals surface area contributed by atoms with Crippen LogP contribution in [0.25, 0.3) is 0 Å². The van der Waals surface area contributed by atoms with Crippen molar-refractivity contribution in [1.82, 2.24) is 0 Å². The van der Waals surface area contributed by atoms with Crippen molar-refractivity contribution in [2.24, 2.45) is 0 Å². The standard InChI is InChI=1S/C10H13Cl/c1-4-9-6-10(11)5-7(2)8(9)3/h5-6H,4H2,1-3H3. The van der Waals surface area contributed by atoms with E-state index >= 15 is 0 Å². The number of aryl methyl sites for hydroxylation is 2. The predicted octanol–water partition coefficient (Wildman–Crippen LogP) is 3.52. The Labute approximate surface area is 73.2 Å². The number of benzene rings is 1. The molecule has 1 aromatic carbocycles. The summed E-state index contributed by atoms with van der Waals surface area (Å²) >= 11 is 5.90. The fourth-order valence-electron chi connectivity index (χ4n) is 1.25. The van der Waals surface area contributed by atoms with Gasteiger partial charge in [-0.05, 0) is 49.1 Å². The van der Waals surface area contributed by atoms with E-state index in [4.69, 9.17) is 11.6 Å². The molecular weight excluding hydrogens is 156 g/mol. The Bertz CT molecular complexity index is 264. The topological polar surface area (TPSA) is 0 Å². The second-order valence-corrected chi connectivity index (χ2v) is 3.30. The minimum absolute atomic E-state index is 0.852. The van der Waals surface area contributed by atoms with Crippen LogP contribution >= 0.6 is 11.6 Å². The van der Waals surface area contributed by atoms with E-state index in [9.17, 15) is 0 Å². The Morgan fingerprint density at radius 1 is 1.27 bits per heavy atom. The van der Waals surface area contributed by atoms with Gasteiger partial charge in [0.25, 0.3) is 0 Å². The predicted molar refractivity (Wildman–Crippen MR) is 50.3 cm³/mol. The maximum Gasteiger partial charge on any atom is 0.0411 e. The van der Waals surface area contributed by atoms with Crippen molar-refractivity contribution in [3.05, 3.63) is 33.8 Å². The molecule has 0 saturated carbocycles. The SMILES string of the molecule is CCc1cc(Cl)cc(C)c1C. The van der Waals surface area contributed by atoms with Gasteiger partial charge in [-0.25, -0.2) is 0 Å². The molecule has 0 aliphatic rings. The van der Waals surface area contributed by atoms with Crippen LogP contribution in [-0.2, 0) is 6.42 Å². The molecule has 0 amide bonds. The molecule has 0 saturated heterocycles. The number of halogens is 1. The zero-order valence-corrected chi connectivity index (χ0v) is 8.00. The van der Waals surface area contributed by atoms with Crippen LogP contribution in [0.2, 0.25) is 5.02 Å². The molecule has 0 bridgehead atoms. The molecular formula is C10H13Cl. The summed E-state index contributed by atoms with van der Waals surface area (Å²) in [5.41, 5.74) is 4.02. The lowest BCUT2D eigenvalue weighted by atomic mass is 10.0. The third kappa shape index (κ3) is 1.75. The van der Waals surface area contributed by atoms with Gasteiger partial charge in [0, 0.05) is 5.02 Å². The first-order valence-electron chi connectivity index (χ1n) is 3.90. The minimum Gasteiger partial charge on any atom is -0.0843 e. The van der Waals surface area contributed by atoms with Crippen molar-refractivity contribution in [3.63, 3.8) is 0 Å². The number of hydrogen-bond acceptors (Lipinski definition) is 0. The molecule has 1 aromatic rings. The molecule has 0 radical (unpaired) electrons. The summed E-state index contributed by atoms with van der Waals surface area (Å²) in [6, 6.07) is 4.06. The lowest BCUT2D eigenvalue weighted by molar-refractivity contribution is 1.09. The molecule has 60 valence electrons. The van der Waals surface area contributed by atoms with Gasteiger partial charge in [-0.15, -0.1) is 0 Å². The first kappa shape index (κ1) is 8.61. The summed E-state index contributed by atoms with van der Waals surface area (Å²) in [6.45, 7) is 6.39. The summed E-state index contributed by atoms with van der Waals surface area (Å²) in [5, 5.41) is 0.852. The van der Waals surface area contributed by atoms with E-state index in [-0.39, 0.29) is 0 Å². The van der Waals surface area contributed by atoms with Crippen LogP contribution in [0.1, 0.15) is 23.6 Å². The summed E-state index contributed by atoms with van der Waals surface area (Å²) in [7, 11) is 0. The fourth-order valence-corrected chi connectivity index (χ4v) is 1.55. The van der Waals surface area contributed by atoms with E-state index in [1.165, 1.54) is 16.7 Å². The molecule has 0 atom stereocenters. The normalized spacial score (nSPS) is 10.2. The highest BCUT2D eigenvalue weighted by molar-refractivity contribution is 6.30. The molecule has 0 aliphatic carbocycles. The van der Waals surface area contributed by atoms with Gasteiger partial charge < -0.3 is 0 Å². The molecule has 0 aromatic heterocycles. The van der Waals surface area contributed by atoms with E-state index in [0.29, 0.717) is 0 Å². The van der Waals surface area contributed by atoms with E-state index in [2.05, 4.69) is 20.8 Å². The summed E-state index contributed by atoms with van der Waals surface area (Å²) in [6.07, 6.45) is 1.06. The summed E-state index contributed by atoms with van der Waals surface area (Å²) < 4.78 is 0. The van der Waals surface area contributed by atoms with Crippen LogP contribution < -0.4 is 0 Å². The summed E-state index contributed by atoms with van der Waals surface area (Å²) in [4.78, 5) is 0. The Kier molecular flexibility index (Phi) is 2.56. The van der Waals surface area contributed by atoms with Crippen LogP contribution in [0.5, 0.6) is 0 Å². The number of hydrogen-bond donors (Lipinski definition) is 0. The molecule has 1 rings (SSSR count). The Hall–Kier alpha value is -0.490. The molecule has 0 unspecified atom stereocenters. The Morgan fingerprint density at radius 3 is 2.45 bits per heavy atom. The molecule has 11 heavy (non-hydrogen) atoms. The maximum atomic E-state index is 5.90. The van der Waals surface area contributed by atoms with Crippen LogP contribution in [0, 0.1) is 13.8 Å². The first-order chi connectivity index (χ1) is 5.15. The van der Waals surface area contributed by atoms with Crippen LogP contribution in [0.15, 0.2) is 12.1 Å². The van der Waals surface area contributed by atoms with Gasteiger partial charge in [0.1, 0.15) is 0 Å². The lowest BCUT2D eigenvalue weighted by Crippen LogP contribution is -1.89. The highest BCUT2D eigenvalue weighted by Gasteiger charge is 2.00. The molecule has 0 nitrogen and oxygen atoms in total. The minimum atomic E-state index is 0.852. The molecule has 0 aliphatic heterocycles. The van der Waals surface area contributed by atoms with E-state index in [0.717, 1.165) is 11.4 Å². The third-order valence-corrected chi connectivity index (χ3v) is 2.34. The number of rotatable bonds is 1. The van der Waals surface area contributed by atoms with E-state index in [1.807, 2.05) is 12.1 Å². The second kappa shape index (κ2) is 3.27. The smallest absolute Gasteiger partial charge is 0.0411 e. The highest BCUT2D eigenvalue weighted by atomic mass is 35.5. The Morgan fingerprint density at radius 2 is 1.91 bits per heavy atom. The van der Waals surface area contributed by atoms with E-state index in [1.54, 1.807) is 0 Å². The van der Waals surface area contributed by atoms with Gasteiger partial charge in [-0.3, -0.25) is 0 Å². The maximum absolute atomic E-state index is 5.90. The van der Waals surface area contributed by atoms with Gasteiger partial charge in [-0.2, -0.15) is 0 Å². The summed E-state index contributed by atoms with van der Waals surface area (Å²) in [5.74, 6) is 0. The van der Waals surface area contributed by atoms with E-state index < -0.39 is 0 Å². The Balaban J connectivity index is 3.24. The van der Waals surface area contributed by atoms with Crippen LogP contribution in [0.4, 0.5) is 0 Å². The molecule has 0 spiro atoms. The van der Waals surface area contributed by atoms with Gasteiger partial charge in [0.05, 0.1) is 0 Å². The van der Waals surface area contributed by atoms with Gasteiger partial charge in [0.15, 0.2) is 0 Å². The average Bonchev–Trinajstić information content (AvgIpc) is 1.96. The largest absolute Gasteiger partial charge is 0.0843 e. The third-order valence-electron chi connectivity index (χ3n) is 2.12. The van der Waals surface area contributed by atoms with Gasteiger partial charge in [0.2, 0.25) is 0 Å². The van der Waals surface area contributed by atoms with Crippen molar-refractivity contribution in [2.45, 2.75) is 27.2 Å². The van der Waals surface area contributed by atoms with Gasteiger partial charge >= 0.3 is 0 Å². The quantitative estimate of drug-likeness (QED) is 0.602. The first-order valence-corrected chi connectivity index (χ1v) is 4.28. The van der Waals surface area contributed by atoms with Crippen molar-refractivity contribution in [3.8, 4) is 0 Å². The van der Waals surface area contributed by atoms with Crippen molar-refractivity contribution in [2.75, 3.05) is 0 Å². The average molecular weight is 169 g/mol. The van der Waals surface area contributed by atoms with Crippen molar-refractivity contribution >= 4 is 11.6 Å². The monoisotopic (exact) mass is 168 g/mol. The zero-order valence-electron chi connectivity index (χ0n) is 7.24. The molecule has 0 heterocycles. The molecule has 1 heteroatoms. The fraction of sp³-hybridized carbons (Fsp3) is 0.400. The molecule has 0 N–H and O–H groups in total. The zero-order chi connectivity index (χ0) is 8.43. The molecule has 0 fully saturated rings. The van der Waals surface area contributed by atoms with Crippen LogP contribution in [0.3, 0.4) is 0 Å². The van der Waals surface area contributed by atoms with Gasteiger partial charge in [-0.1, -0.05) is 18.5 Å². The highest BCUT2D eigenvalue weighted by Crippen LogP contribution is 2.19.